The Kier molecular flexibility index (Phi) is 4.08. The molecule has 0 amide bonds. The third kappa shape index (κ3) is 3.66. The number of hydrogen-bond donors (Lipinski definition) is 1. The van der Waals surface area contributed by atoms with Crippen molar-refractivity contribution in [1.82, 2.24) is 4.98 Å². The Hall–Kier alpha value is -2.22. The molecule has 0 radical (unpaired) electrons. The lowest BCUT2D eigenvalue weighted by molar-refractivity contribution is -0.141. The summed E-state index contributed by atoms with van der Waals surface area (Å²) in [6.45, 7) is 0. The first kappa shape index (κ1) is 15.2. The van der Waals surface area contributed by atoms with Crippen LogP contribution in [0.15, 0.2) is 36.4 Å². The van der Waals surface area contributed by atoms with Gasteiger partial charge in [-0.2, -0.15) is 13.2 Å². The largest absolute Gasteiger partial charge is 0.438 e. The first-order valence-corrected chi connectivity index (χ1v) is 5.99. The van der Waals surface area contributed by atoms with Gasteiger partial charge in [0.2, 0.25) is 5.88 Å². The van der Waals surface area contributed by atoms with E-state index in [1.807, 2.05) is 0 Å². The van der Waals surface area contributed by atoms with Crippen molar-refractivity contribution in [3.63, 3.8) is 0 Å². The van der Waals surface area contributed by atoms with Crippen molar-refractivity contribution < 1.29 is 22.3 Å². The molecule has 1 aromatic carbocycles. The van der Waals surface area contributed by atoms with Gasteiger partial charge < -0.3 is 10.5 Å². The molecule has 0 atom stereocenters. The van der Waals surface area contributed by atoms with E-state index in [-0.39, 0.29) is 16.3 Å². The SMILES string of the molecule is NC(=S)c1ccc(C(F)(F)F)nc1Oc1cccc(F)c1. The fraction of sp³-hybridized carbons (Fsp3) is 0.0769. The molecule has 0 unspecified atom stereocenters. The molecule has 2 aromatic rings. The number of hydrogen-bond acceptors (Lipinski definition) is 3. The molecule has 0 spiro atoms. The highest BCUT2D eigenvalue weighted by molar-refractivity contribution is 7.80. The number of pyridine rings is 1. The molecule has 8 heteroatoms. The molecule has 1 heterocycles. The predicted molar refractivity (Wildman–Crippen MR) is 71.6 cm³/mol. The highest BCUT2D eigenvalue weighted by Gasteiger charge is 2.33. The van der Waals surface area contributed by atoms with Gasteiger partial charge in [0.25, 0.3) is 0 Å². The average molecular weight is 316 g/mol. The van der Waals surface area contributed by atoms with E-state index < -0.39 is 23.6 Å². The van der Waals surface area contributed by atoms with Crippen LogP contribution in [-0.4, -0.2) is 9.97 Å². The molecule has 21 heavy (non-hydrogen) atoms. The number of alkyl halides is 3. The van der Waals surface area contributed by atoms with Crippen LogP contribution in [0.1, 0.15) is 11.3 Å². The van der Waals surface area contributed by atoms with Crippen molar-refractivity contribution >= 4 is 17.2 Å². The third-order valence-corrected chi connectivity index (χ3v) is 2.65. The number of nitrogens with two attached hydrogens (primary N) is 1. The minimum atomic E-state index is -4.64. The zero-order valence-electron chi connectivity index (χ0n) is 10.3. The zero-order valence-corrected chi connectivity index (χ0v) is 11.1. The molecule has 0 saturated heterocycles. The molecule has 110 valence electrons. The third-order valence-electron chi connectivity index (χ3n) is 2.43. The molecular formula is C13H8F4N2OS. The van der Waals surface area contributed by atoms with E-state index in [1.165, 1.54) is 18.2 Å². The average Bonchev–Trinajstić information content (AvgIpc) is 2.37. The van der Waals surface area contributed by atoms with Gasteiger partial charge in [-0.1, -0.05) is 18.3 Å². The van der Waals surface area contributed by atoms with Gasteiger partial charge in [-0.3, -0.25) is 0 Å². The van der Waals surface area contributed by atoms with Crippen molar-refractivity contribution in [2.45, 2.75) is 6.18 Å². The van der Waals surface area contributed by atoms with Crippen LogP contribution in [0, 0.1) is 5.82 Å². The lowest BCUT2D eigenvalue weighted by atomic mass is 10.2. The topological polar surface area (TPSA) is 48.1 Å². The molecule has 0 aliphatic rings. The Bertz CT molecular complexity index is 688. The van der Waals surface area contributed by atoms with E-state index in [0.717, 1.165) is 18.2 Å². The molecule has 2 rings (SSSR count). The summed E-state index contributed by atoms with van der Waals surface area (Å²) in [7, 11) is 0. The molecule has 0 fully saturated rings. The van der Waals surface area contributed by atoms with Crippen molar-refractivity contribution in [3.8, 4) is 11.6 Å². The summed E-state index contributed by atoms with van der Waals surface area (Å²) in [5.41, 5.74) is 4.28. The number of thiocarbonyl (C=S) groups is 1. The molecule has 0 aliphatic carbocycles. The fourth-order valence-corrected chi connectivity index (χ4v) is 1.66. The van der Waals surface area contributed by atoms with Crippen LogP contribution in [0.2, 0.25) is 0 Å². The molecular weight excluding hydrogens is 308 g/mol. The summed E-state index contributed by atoms with van der Waals surface area (Å²) < 4.78 is 56.2. The molecule has 0 bridgehead atoms. The van der Waals surface area contributed by atoms with Gasteiger partial charge in [0.1, 0.15) is 22.2 Å². The standard InChI is InChI=1S/C13H8F4N2OS/c14-7-2-1-3-8(6-7)20-12-9(11(18)21)4-5-10(19-12)13(15,16)17/h1-6H,(H2,18,21). The summed E-state index contributed by atoms with van der Waals surface area (Å²) >= 11 is 4.73. The number of rotatable bonds is 3. The maximum absolute atomic E-state index is 13.1. The summed E-state index contributed by atoms with van der Waals surface area (Å²) in [6, 6.07) is 6.69. The Morgan fingerprint density at radius 2 is 1.90 bits per heavy atom. The second-order valence-electron chi connectivity index (χ2n) is 3.97. The van der Waals surface area contributed by atoms with Crippen LogP contribution in [0.5, 0.6) is 11.6 Å². The van der Waals surface area contributed by atoms with Crippen molar-refractivity contribution in [2.75, 3.05) is 0 Å². The van der Waals surface area contributed by atoms with Gasteiger partial charge in [0.15, 0.2) is 0 Å². The van der Waals surface area contributed by atoms with Crippen LogP contribution < -0.4 is 10.5 Å². The quantitative estimate of drug-likeness (QED) is 0.693. The highest BCUT2D eigenvalue weighted by atomic mass is 32.1. The van der Waals surface area contributed by atoms with Crippen LogP contribution >= 0.6 is 12.2 Å². The Morgan fingerprint density at radius 3 is 2.48 bits per heavy atom. The monoisotopic (exact) mass is 316 g/mol. The Morgan fingerprint density at radius 1 is 1.19 bits per heavy atom. The lowest BCUT2D eigenvalue weighted by Gasteiger charge is -2.12. The molecule has 2 N–H and O–H groups in total. The maximum atomic E-state index is 13.1. The number of halogens is 4. The van der Waals surface area contributed by atoms with Gasteiger partial charge in [0.05, 0.1) is 5.56 Å². The number of nitrogens with zero attached hydrogens (tertiary/aromatic N) is 1. The molecule has 1 aromatic heterocycles. The number of benzene rings is 1. The Balaban J connectivity index is 2.46. The van der Waals surface area contributed by atoms with Crippen LogP contribution in [-0.2, 0) is 6.18 Å². The van der Waals surface area contributed by atoms with Gasteiger partial charge in [0, 0.05) is 6.07 Å². The summed E-state index contributed by atoms with van der Waals surface area (Å²) in [5, 5.41) is 0. The summed E-state index contributed by atoms with van der Waals surface area (Å²) in [5.74, 6) is -1.04. The van der Waals surface area contributed by atoms with E-state index >= 15 is 0 Å². The summed E-state index contributed by atoms with van der Waals surface area (Å²) in [6.07, 6.45) is -4.64. The summed E-state index contributed by atoms with van der Waals surface area (Å²) in [4.78, 5) is 3.17. The van der Waals surface area contributed by atoms with E-state index in [4.69, 9.17) is 22.7 Å². The van der Waals surface area contributed by atoms with Gasteiger partial charge in [-0.25, -0.2) is 9.37 Å². The fourth-order valence-electron chi connectivity index (χ4n) is 1.51. The van der Waals surface area contributed by atoms with Crippen molar-refractivity contribution in [1.29, 1.82) is 0 Å². The molecule has 0 saturated carbocycles. The second-order valence-corrected chi connectivity index (χ2v) is 4.41. The van der Waals surface area contributed by atoms with Gasteiger partial charge in [-0.05, 0) is 24.3 Å². The predicted octanol–water partition coefficient (Wildman–Crippen LogP) is 3.67. The van der Waals surface area contributed by atoms with E-state index in [0.29, 0.717) is 0 Å². The minimum Gasteiger partial charge on any atom is -0.438 e. The van der Waals surface area contributed by atoms with E-state index in [9.17, 15) is 17.6 Å². The Labute approximate surface area is 122 Å². The highest BCUT2D eigenvalue weighted by Crippen LogP contribution is 2.32. The van der Waals surface area contributed by atoms with Crippen LogP contribution in [0.25, 0.3) is 0 Å². The first-order valence-electron chi connectivity index (χ1n) is 5.59. The van der Waals surface area contributed by atoms with Gasteiger partial charge in [-0.15, -0.1) is 0 Å². The molecule has 3 nitrogen and oxygen atoms in total. The van der Waals surface area contributed by atoms with Crippen LogP contribution in [0.4, 0.5) is 17.6 Å². The van der Waals surface area contributed by atoms with E-state index in [1.54, 1.807) is 0 Å². The second kappa shape index (κ2) is 5.65. The zero-order chi connectivity index (χ0) is 15.6. The first-order chi connectivity index (χ1) is 9.77. The number of ether oxygens (including phenoxy) is 1. The minimum absolute atomic E-state index is 0.0145. The maximum Gasteiger partial charge on any atom is 0.433 e. The smallest absolute Gasteiger partial charge is 0.433 e. The van der Waals surface area contributed by atoms with E-state index in [2.05, 4.69) is 4.98 Å². The molecule has 0 aliphatic heterocycles. The normalized spacial score (nSPS) is 11.2. The number of aromatic nitrogens is 1. The van der Waals surface area contributed by atoms with Crippen molar-refractivity contribution in [2.24, 2.45) is 5.73 Å². The van der Waals surface area contributed by atoms with Crippen LogP contribution in [0.3, 0.4) is 0 Å². The van der Waals surface area contributed by atoms with Gasteiger partial charge >= 0.3 is 6.18 Å². The lowest BCUT2D eigenvalue weighted by Crippen LogP contribution is -2.15. The van der Waals surface area contributed by atoms with Crippen molar-refractivity contribution in [3.05, 3.63) is 53.5 Å².